The Kier molecular flexibility index (Phi) is 4.81. The van der Waals surface area contributed by atoms with E-state index in [1.807, 2.05) is 6.92 Å². The highest BCUT2D eigenvalue weighted by Gasteiger charge is 2.18. The van der Waals surface area contributed by atoms with Crippen molar-refractivity contribution in [3.05, 3.63) is 34.9 Å². The SMILES string of the molecule is CCn1ncc(Cl)c1CNC(=O)C(C)n1ccc(C(=O)O)n1. The minimum absolute atomic E-state index is 0.105. The first kappa shape index (κ1) is 16.0. The van der Waals surface area contributed by atoms with E-state index >= 15 is 0 Å². The van der Waals surface area contributed by atoms with Gasteiger partial charge in [-0.25, -0.2) is 4.79 Å². The third-order valence-electron chi connectivity index (χ3n) is 3.23. The van der Waals surface area contributed by atoms with Crippen molar-refractivity contribution in [1.29, 1.82) is 0 Å². The number of nitrogens with one attached hydrogen (secondary N) is 1. The summed E-state index contributed by atoms with van der Waals surface area (Å²) in [6.45, 7) is 4.44. The maximum atomic E-state index is 12.1. The summed E-state index contributed by atoms with van der Waals surface area (Å²) in [5, 5.41) is 20.0. The van der Waals surface area contributed by atoms with E-state index in [4.69, 9.17) is 16.7 Å². The molecule has 0 spiro atoms. The van der Waals surface area contributed by atoms with Crippen LogP contribution in [0.1, 0.15) is 36.1 Å². The average molecular weight is 326 g/mol. The van der Waals surface area contributed by atoms with E-state index in [9.17, 15) is 9.59 Å². The van der Waals surface area contributed by atoms with Gasteiger partial charge in [0.2, 0.25) is 5.91 Å². The Hall–Kier alpha value is -2.35. The second kappa shape index (κ2) is 6.61. The van der Waals surface area contributed by atoms with Gasteiger partial charge in [-0.2, -0.15) is 10.2 Å². The maximum Gasteiger partial charge on any atom is 0.356 e. The number of rotatable bonds is 6. The zero-order valence-corrected chi connectivity index (χ0v) is 12.9. The number of hydrogen-bond donors (Lipinski definition) is 2. The molecule has 2 rings (SSSR count). The van der Waals surface area contributed by atoms with E-state index in [1.54, 1.807) is 11.6 Å². The van der Waals surface area contributed by atoms with Crippen LogP contribution in [-0.2, 0) is 17.9 Å². The summed E-state index contributed by atoms with van der Waals surface area (Å²) in [7, 11) is 0. The van der Waals surface area contributed by atoms with Gasteiger partial charge < -0.3 is 10.4 Å². The molecule has 2 heterocycles. The van der Waals surface area contributed by atoms with Crippen LogP contribution in [0.3, 0.4) is 0 Å². The third kappa shape index (κ3) is 3.28. The van der Waals surface area contributed by atoms with Crippen LogP contribution in [0.25, 0.3) is 0 Å². The van der Waals surface area contributed by atoms with Crippen LogP contribution in [0.15, 0.2) is 18.5 Å². The molecular weight excluding hydrogens is 310 g/mol. The number of carboxylic acids is 1. The van der Waals surface area contributed by atoms with Crippen molar-refractivity contribution in [3.63, 3.8) is 0 Å². The summed E-state index contributed by atoms with van der Waals surface area (Å²) in [6, 6.07) is 0.708. The summed E-state index contributed by atoms with van der Waals surface area (Å²) >= 11 is 6.02. The molecule has 2 aromatic rings. The normalized spacial score (nSPS) is 12.1. The highest BCUT2D eigenvalue weighted by Crippen LogP contribution is 2.15. The highest BCUT2D eigenvalue weighted by atomic mass is 35.5. The van der Waals surface area contributed by atoms with Crippen LogP contribution >= 0.6 is 11.6 Å². The first-order valence-electron chi connectivity index (χ1n) is 6.70. The summed E-state index contributed by atoms with van der Waals surface area (Å²) in [6.07, 6.45) is 2.99. The van der Waals surface area contributed by atoms with Crippen LogP contribution in [-0.4, -0.2) is 36.5 Å². The number of carbonyl (C=O) groups is 2. The van der Waals surface area contributed by atoms with Crippen LogP contribution in [0.5, 0.6) is 0 Å². The van der Waals surface area contributed by atoms with Crippen molar-refractivity contribution in [2.24, 2.45) is 0 Å². The predicted octanol–water partition coefficient (Wildman–Crippen LogP) is 1.33. The van der Waals surface area contributed by atoms with E-state index in [1.165, 1.54) is 23.1 Å². The lowest BCUT2D eigenvalue weighted by Gasteiger charge is -2.13. The van der Waals surface area contributed by atoms with E-state index < -0.39 is 12.0 Å². The summed E-state index contributed by atoms with van der Waals surface area (Å²) in [4.78, 5) is 22.9. The Morgan fingerprint density at radius 2 is 2.23 bits per heavy atom. The monoisotopic (exact) mass is 325 g/mol. The van der Waals surface area contributed by atoms with Gasteiger partial charge in [-0.1, -0.05) is 11.6 Å². The molecular formula is C13H16ClN5O3. The topological polar surface area (TPSA) is 102 Å². The van der Waals surface area contributed by atoms with Gasteiger partial charge in [-0.3, -0.25) is 14.2 Å². The van der Waals surface area contributed by atoms with Crippen molar-refractivity contribution in [1.82, 2.24) is 24.9 Å². The molecule has 1 atom stereocenters. The van der Waals surface area contributed by atoms with Gasteiger partial charge in [-0.15, -0.1) is 0 Å². The van der Waals surface area contributed by atoms with Crippen molar-refractivity contribution in [3.8, 4) is 0 Å². The Morgan fingerprint density at radius 1 is 1.50 bits per heavy atom. The second-order valence-electron chi connectivity index (χ2n) is 4.63. The fourth-order valence-corrected chi connectivity index (χ4v) is 2.15. The molecule has 0 aliphatic rings. The zero-order valence-electron chi connectivity index (χ0n) is 12.2. The second-order valence-corrected chi connectivity index (χ2v) is 5.04. The van der Waals surface area contributed by atoms with E-state index in [0.29, 0.717) is 11.6 Å². The minimum atomic E-state index is -1.13. The number of amides is 1. The molecule has 0 aromatic carbocycles. The lowest BCUT2D eigenvalue weighted by Crippen LogP contribution is -2.31. The highest BCUT2D eigenvalue weighted by molar-refractivity contribution is 6.31. The van der Waals surface area contributed by atoms with Crippen LogP contribution < -0.4 is 5.32 Å². The fraction of sp³-hybridized carbons (Fsp3) is 0.385. The molecule has 0 aliphatic heterocycles. The molecule has 0 saturated carbocycles. The molecule has 118 valence electrons. The molecule has 0 fully saturated rings. The summed E-state index contributed by atoms with van der Waals surface area (Å²) in [5.41, 5.74) is 0.614. The molecule has 8 nitrogen and oxygen atoms in total. The molecule has 0 radical (unpaired) electrons. The van der Waals surface area contributed by atoms with Gasteiger partial charge in [0.25, 0.3) is 0 Å². The Balaban J connectivity index is 2.02. The van der Waals surface area contributed by atoms with Crippen LogP contribution in [0.2, 0.25) is 5.02 Å². The molecule has 1 unspecified atom stereocenters. The van der Waals surface area contributed by atoms with Crippen LogP contribution in [0, 0.1) is 0 Å². The van der Waals surface area contributed by atoms with Gasteiger partial charge in [0.15, 0.2) is 5.69 Å². The van der Waals surface area contributed by atoms with Crippen LogP contribution in [0.4, 0.5) is 0 Å². The maximum absolute atomic E-state index is 12.1. The Bertz CT molecular complexity index is 694. The molecule has 2 N–H and O–H groups in total. The molecule has 1 amide bonds. The van der Waals surface area contributed by atoms with Crippen molar-refractivity contribution in [2.75, 3.05) is 0 Å². The smallest absolute Gasteiger partial charge is 0.356 e. The molecule has 9 heteroatoms. The predicted molar refractivity (Wildman–Crippen MR) is 78.7 cm³/mol. The number of carbonyl (C=O) groups excluding carboxylic acids is 1. The number of nitrogens with zero attached hydrogens (tertiary/aromatic N) is 4. The van der Waals surface area contributed by atoms with Gasteiger partial charge in [-0.05, 0) is 19.9 Å². The molecule has 0 bridgehead atoms. The third-order valence-corrected chi connectivity index (χ3v) is 3.55. The minimum Gasteiger partial charge on any atom is -0.476 e. The molecule has 22 heavy (non-hydrogen) atoms. The quantitative estimate of drug-likeness (QED) is 0.834. The summed E-state index contributed by atoms with van der Waals surface area (Å²) in [5.74, 6) is -1.43. The molecule has 0 saturated heterocycles. The van der Waals surface area contributed by atoms with E-state index in [0.717, 1.165) is 5.69 Å². The number of aryl methyl sites for hydroxylation is 1. The average Bonchev–Trinajstić information content (AvgIpc) is 3.11. The van der Waals surface area contributed by atoms with E-state index in [-0.39, 0.29) is 18.1 Å². The van der Waals surface area contributed by atoms with Crippen molar-refractivity contribution < 1.29 is 14.7 Å². The number of aromatic nitrogens is 4. The lowest BCUT2D eigenvalue weighted by molar-refractivity contribution is -0.124. The van der Waals surface area contributed by atoms with Gasteiger partial charge in [0, 0.05) is 12.7 Å². The van der Waals surface area contributed by atoms with E-state index in [2.05, 4.69) is 15.5 Å². The summed E-state index contributed by atoms with van der Waals surface area (Å²) < 4.78 is 3.00. The van der Waals surface area contributed by atoms with Gasteiger partial charge >= 0.3 is 5.97 Å². The largest absolute Gasteiger partial charge is 0.476 e. The van der Waals surface area contributed by atoms with Crippen molar-refractivity contribution in [2.45, 2.75) is 33.0 Å². The molecule has 0 aliphatic carbocycles. The molecule has 2 aromatic heterocycles. The van der Waals surface area contributed by atoms with Crippen molar-refractivity contribution >= 4 is 23.5 Å². The Labute approximate surface area is 131 Å². The number of aromatic carboxylic acids is 1. The standard InChI is InChI=1S/C13H16ClN5O3/c1-3-18-11(9(14)6-16-18)7-15-12(20)8(2)19-5-4-10(17-19)13(21)22/h4-6,8H,3,7H2,1-2H3,(H,15,20)(H,21,22). The number of hydrogen-bond acceptors (Lipinski definition) is 4. The fourth-order valence-electron chi connectivity index (χ4n) is 1.94. The Morgan fingerprint density at radius 3 is 2.82 bits per heavy atom. The number of carboxylic acid groups (broad SMARTS) is 1. The zero-order chi connectivity index (χ0) is 16.3. The first-order valence-corrected chi connectivity index (χ1v) is 7.08. The van der Waals surface area contributed by atoms with Gasteiger partial charge in [0.05, 0.1) is 23.5 Å². The number of halogens is 1. The van der Waals surface area contributed by atoms with Gasteiger partial charge in [0.1, 0.15) is 6.04 Å². The first-order chi connectivity index (χ1) is 10.4. The lowest BCUT2D eigenvalue weighted by atomic mass is 10.3.